The highest BCUT2D eigenvalue weighted by molar-refractivity contribution is 5.87. The first-order valence-electron chi connectivity index (χ1n) is 5.92. The Labute approximate surface area is 109 Å². The number of rotatable bonds is 6. The Bertz CT molecular complexity index is 385. The first-order chi connectivity index (χ1) is 8.90. The number of amides is 2. The van der Waals surface area contributed by atoms with Crippen molar-refractivity contribution in [3.8, 4) is 0 Å². The van der Waals surface area contributed by atoms with Crippen LogP contribution in [0.2, 0.25) is 0 Å². The number of hydrogen-bond acceptors (Lipinski definition) is 4. The second kappa shape index (κ2) is 6.72. The lowest BCUT2D eigenvalue weighted by atomic mass is 9.97. The molecule has 2 amide bonds. The predicted octanol–water partition coefficient (Wildman–Crippen LogP) is -1.05. The van der Waals surface area contributed by atoms with Gasteiger partial charge in [0.05, 0.1) is 5.92 Å². The Morgan fingerprint density at radius 2 is 2.05 bits per heavy atom. The van der Waals surface area contributed by atoms with E-state index in [-0.39, 0.29) is 31.7 Å². The van der Waals surface area contributed by atoms with Gasteiger partial charge in [0.25, 0.3) is 0 Å². The number of carboxylic acid groups (broad SMARTS) is 2. The third kappa shape index (κ3) is 4.94. The van der Waals surface area contributed by atoms with Crippen LogP contribution in [0.1, 0.15) is 25.7 Å². The molecule has 0 bridgehead atoms. The number of carboxylic acids is 2. The Hall–Kier alpha value is -2.12. The minimum absolute atomic E-state index is 0.135. The van der Waals surface area contributed by atoms with Crippen LogP contribution in [0, 0.1) is 5.92 Å². The van der Waals surface area contributed by atoms with Crippen molar-refractivity contribution in [1.29, 1.82) is 0 Å². The SMILES string of the molecule is O=C(O)CC[C@H](NC(=O)C1CCC(=O)NC1)C(=O)O. The molecule has 1 fully saturated rings. The second-order valence-corrected chi connectivity index (χ2v) is 4.37. The molecule has 1 rings (SSSR count). The molecular weight excluding hydrogens is 256 g/mol. The van der Waals surface area contributed by atoms with Gasteiger partial charge in [0, 0.05) is 19.4 Å². The molecule has 4 N–H and O–H groups in total. The standard InChI is InChI=1S/C11H16N2O6/c14-8-3-1-6(5-12-8)10(17)13-7(11(18)19)2-4-9(15)16/h6-7H,1-5H2,(H,12,14)(H,13,17)(H,15,16)(H,18,19)/t6?,7-/m0/s1. The summed E-state index contributed by atoms with van der Waals surface area (Å²) in [6, 6.07) is -1.22. The van der Waals surface area contributed by atoms with Gasteiger partial charge in [0.1, 0.15) is 6.04 Å². The quantitative estimate of drug-likeness (QED) is 0.487. The van der Waals surface area contributed by atoms with E-state index in [1.807, 2.05) is 0 Å². The van der Waals surface area contributed by atoms with Crippen molar-refractivity contribution >= 4 is 23.8 Å². The third-order valence-electron chi connectivity index (χ3n) is 2.90. The summed E-state index contributed by atoms with van der Waals surface area (Å²) in [5.41, 5.74) is 0. The molecule has 1 aliphatic heterocycles. The van der Waals surface area contributed by atoms with E-state index in [9.17, 15) is 19.2 Å². The molecule has 19 heavy (non-hydrogen) atoms. The van der Waals surface area contributed by atoms with Crippen LogP contribution in [0.25, 0.3) is 0 Å². The molecule has 0 spiro atoms. The average Bonchev–Trinajstić information content (AvgIpc) is 2.34. The molecule has 1 heterocycles. The zero-order valence-electron chi connectivity index (χ0n) is 10.2. The van der Waals surface area contributed by atoms with Gasteiger partial charge in [-0.2, -0.15) is 0 Å². The normalized spacial score (nSPS) is 20.2. The van der Waals surface area contributed by atoms with Gasteiger partial charge in [0.2, 0.25) is 11.8 Å². The fourth-order valence-corrected chi connectivity index (χ4v) is 1.77. The summed E-state index contributed by atoms with van der Waals surface area (Å²) < 4.78 is 0. The minimum Gasteiger partial charge on any atom is -0.481 e. The van der Waals surface area contributed by atoms with Crippen LogP contribution in [0.15, 0.2) is 0 Å². The highest BCUT2D eigenvalue weighted by atomic mass is 16.4. The molecule has 8 heteroatoms. The van der Waals surface area contributed by atoms with Gasteiger partial charge in [-0.25, -0.2) is 4.79 Å². The van der Waals surface area contributed by atoms with Gasteiger partial charge in [-0.3, -0.25) is 14.4 Å². The molecule has 0 radical (unpaired) electrons. The highest BCUT2D eigenvalue weighted by Gasteiger charge is 2.28. The average molecular weight is 272 g/mol. The first kappa shape index (κ1) is 14.9. The fourth-order valence-electron chi connectivity index (χ4n) is 1.77. The van der Waals surface area contributed by atoms with Gasteiger partial charge >= 0.3 is 11.9 Å². The molecule has 2 atom stereocenters. The molecular formula is C11H16N2O6. The molecule has 0 aromatic carbocycles. The van der Waals surface area contributed by atoms with E-state index in [1.54, 1.807) is 0 Å². The van der Waals surface area contributed by atoms with E-state index in [4.69, 9.17) is 10.2 Å². The number of carbonyl (C=O) groups excluding carboxylic acids is 2. The molecule has 1 aliphatic rings. The summed E-state index contributed by atoms with van der Waals surface area (Å²) >= 11 is 0. The zero-order valence-corrected chi connectivity index (χ0v) is 10.2. The number of carbonyl (C=O) groups is 4. The minimum atomic E-state index is -1.27. The van der Waals surface area contributed by atoms with Crippen LogP contribution in [0.3, 0.4) is 0 Å². The van der Waals surface area contributed by atoms with Gasteiger partial charge < -0.3 is 20.8 Å². The Morgan fingerprint density at radius 1 is 1.37 bits per heavy atom. The van der Waals surface area contributed by atoms with Crippen LogP contribution < -0.4 is 10.6 Å². The van der Waals surface area contributed by atoms with E-state index in [1.165, 1.54) is 0 Å². The first-order valence-corrected chi connectivity index (χ1v) is 5.92. The van der Waals surface area contributed by atoms with Crippen LogP contribution in [0.5, 0.6) is 0 Å². The molecule has 0 aromatic rings. The predicted molar refractivity (Wildman–Crippen MR) is 62.2 cm³/mol. The molecule has 0 saturated carbocycles. The molecule has 0 aromatic heterocycles. The number of hydrogen-bond donors (Lipinski definition) is 4. The molecule has 106 valence electrons. The molecule has 1 saturated heterocycles. The van der Waals surface area contributed by atoms with Crippen molar-refractivity contribution in [3.05, 3.63) is 0 Å². The monoisotopic (exact) mass is 272 g/mol. The number of piperidine rings is 1. The van der Waals surface area contributed by atoms with Crippen molar-refractivity contribution in [2.45, 2.75) is 31.7 Å². The topological polar surface area (TPSA) is 133 Å². The summed E-state index contributed by atoms with van der Waals surface area (Å²) in [6.07, 6.45) is 0.0853. The lowest BCUT2D eigenvalue weighted by Gasteiger charge is -2.23. The molecule has 8 nitrogen and oxygen atoms in total. The van der Waals surface area contributed by atoms with Gasteiger partial charge in [-0.05, 0) is 12.8 Å². The van der Waals surface area contributed by atoms with E-state index >= 15 is 0 Å². The van der Waals surface area contributed by atoms with Crippen LogP contribution in [0.4, 0.5) is 0 Å². The second-order valence-electron chi connectivity index (χ2n) is 4.37. The van der Waals surface area contributed by atoms with Gasteiger partial charge in [0.15, 0.2) is 0 Å². The number of nitrogens with one attached hydrogen (secondary N) is 2. The Kier molecular flexibility index (Phi) is 5.28. The van der Waals surface area contributed by atoms with Crippen molar-refractivity contribution in [1.82, 2.24) is 10.6 Å². The van der Waals surface area contributed by atoms with Crippen molar-refractivity contribution in [2.75, 3.05) is 6.54 Å². The van der Waals surface area contributed by atoms with Crippen molar-refractivity contribution in [3.63, 3.8) is 0 Å². The fraction of sp³-hybridized carbons (Fsp3) is 0.636. The summed E-state index contributed by atoms with van der Waals surface area (Å²) in [5, 5.41) is 22.2. The maximum Gasteiger partial charge on any atom is 0.326 e. The Morgan fingerprint density at radius 3 is 2.53 bits per heavy atom. The van der Waals surface area contributed by atoms with E-state index in [0.717, 1.165) is 0 Å². The number of aliphatic carboxylic acids is 2. The Balaban J connectivity index is 2.49. The van der Waals surface area contributed by atoms with E-state index in [2.05, 4.69) is 10.6 Å². The molecule has 1 unspecified atom stereocenters. The smallest absolute Gasteiger partial charge is 0.326 e. The summed E-state index contributed by atoms with van der Waals surface area (Å²) in [5.74, 6) is -3.47. The summed E-state index contributed by atoms with van der Waals surface area (Å²) in [7, 11) is 0. The molecule has 0 aliphatic carbocycles. The van der Waals surface area contributed by atoms with Crippen molar-refractivity contribution in [2.24, 2.45) is 5.92 Å². The van der Waals surface area contributed by atoms with E-state index < -0.39 is 29.8 Å². The largest absolute Gasteiger partial charge is 0.481 e. The van der Waals surface area contributed by atoms with Crippen molar-refractivity contribution < 1.29 is 29.4 Å². The van der Waals surface area contributed by atoms with E-state index in [0.29, 0.717) is 6.42 Å². The summed E-state index contributed by atoms with van der Waals surface area (Å²) in [6.45, 7) is 0.177. The van der Waals surface area contributed by atoms with Crippen LogP contribution in [-0.4, -0.2) is 46.6 Å². The van der Waals surface area contributed by atoms with Crippen LogP contribution in [-0.2, 0) is 19.2 Å². The lowest BCUT2D eigenvalue weighted by Crippen LogP contribution is -2.48. The third-order valence-corrected chi connectivity index (χ3v) is 2.90. The van der Waals surface area contributed by atoms with Gasteiger partial charge in [-0.15, -0.1) is 0 Å². The summed E-state index contributed by atoms with van der Waals surface area (Å²) in [4.78, 5) is 44.0. The van der Waals surface area contributed by atoms with Crippen LogP contribution >= 0.6 is 0 Å². The lowest BCUT2D eigenvalue weighted by molar-refractivity contribution is -0.144. The highest BCUT2D eigenvalue weighted by Crippen LogP contribution is 2.11. The maximum absolute atomic E-state index is 11.8. The zero-order chi connectivity index (χ0) is 14.4. The van der Waals surface area contributed by atoms with Gasteiger partial charge in [-0.1, -0.05) is 0 Å². The maximum atomic E-state index is 11.8.